The number of sulfonamides is 1. The number of oxazole rings is 1. The van der Waals surface area contributed by atoms with Gasteiger partial charge in [-0.1, -0.05) is 6.07 Å². The molecule has 2 N–H and O–H groups in total. The van der Waals surface area contributed by atoms with E-state index in [4.69, 9.17) is 13.9 Å². The molecule has 0 atom stereocenters. The fraction of sp³-hybridized carbons (Fsp3) is 0.300. The number of amides is 1. The van der Waals surface area contributed by atoms with Gasteiger partial charge in [0, 0.05) is 19.7 Å². The summed E-state index contributed by atoms with van der Waals surface area (Å²) in [7, 11) is 0.455. The topological polar surface area (TPSA) is 131 Å². The number of nitrogens with zero attached hydrogens (tertiary/aromatic N) is 1. The van der Waals surface area contributed by atoms with E-state index in [0.29, 0.717) is 30.0 Å². The molecular formula is C20H23N3O7S. The maximum Gasteiger partial charge on any atom is 0.417 e. The molecule has 31 heavy (non-hydrogen) atoms. The Balaban J connectivity index is 1.58. The van der Waals surface area contributed by atoms with Crippen molar-refractivity contribution in [1.29, 1.82) is 0 Å². The van der Waals surface area contributed by atoms with Gasteiger partial charge >= 0.3 is 5.76 Å². The first-order valence-corrected chi connectivity index (χ1v) is 10.8. The van der Waals surface area contributed by atoms with Crippen molar-refractivity contribution in [2.45, 2.75) is 11.3 Å². The summed E-state index contributed by atoms with van der Waals surface area (Å²) in [5, 5.41) is 2.70. The number of aromatic amines is 1. The van der Waals surface area contributed by atoms with Gasteiger partial charge in [0.05, 0.1) is 31.2 Å². The number of rotatable bonds is 9. The summed E-state index contributed by atoms with van der Waals surface area (Å²) in [6.45, 7) is -0.0357. The molecular weight excluding hydrogens is 426 g/mol. The van der Waals surface area contributed by atoms with Crippen molar-refractivity contribution in [2.75, 3.05) is 34.4 Å². The minimum absolute atomic E-state index is 0.0802. The molecule has 1 amide bonds. The number of fused-ring (bicyclic) bond motifs is 1. The average molecular weight is 449 g/mol. The Hall–Kier alpha value is -3.31. The summed E-state index contributed by atoms with van der Waals surface area (Å²) in [6, 6.07) is 9.48. The zero-order valence-corrected chi connectivity index (χ0v) is 18.1. The standard InChI is InChI=1S/C20H23N3O7S/c1-23(31(26,27)14-5-6-15-17(11-14)30-20(25)22-15)12-19(24)21-9-8-13-4-7-16(28-2)18(10-13)29-3/h4-7,10-11H,8-9,12H2,1-3H3,(H,21,24)(H,22,25). The van der Waals surface area contributed by atoms with Crippen molar-refractivity contribution >= 4 is 27.0 Å². The van der Waals surface area contributed by atoms with Crippen LogP contribution in [0, 0.1) is 0 Å². The van der Waals surface area contributed by atoms with Crippen LogP contribution < -0.4 is 20.5 Å². The third-order valence-corrected chi connectivity index (χ3v) is 6.45. The Morgan fingerprint density at radius 1 is 1.13 bits per heavy atom. The summed E-state index contributed by atoms with van der Waals surface area (Å²) < 4.78 is 41.7. The number of ether oxygens (including phenoxy) is 2. The second-order valence-corrected chi connectivity index (χ2v) is 8.77. The highest BCUT2D eigenvalue weighted by Crippen LogP contribution is 2.27. The van der Waals surface area contributed by atoms with E-state index in [9.17, 15) is 18.0 Å². The average Bonchev–Trinajstić information content (AvgIpc) is 3.12. The van der Waals surface area contributed by atoms with Gasteiger partial charge in [-0.25, -0.2) is 13.2 Å². The largest absolute Gasteiger partial charge is 0.493 e. The lowest BCUT2D eigenvalue weighted by atomic mass is 10.1. The first-order chi connectivity index (χ1) is 14.7. The fourth-order valence-corrected chi connectivity index (χ4v) is 4.13. The van der Waals surface area contributed by atoms with Crippen molar-refractivity contribution in [2.24, 2.45) is 0 Å². The third kappa shape index (κ3) is 5.06. The molecule has 0 saturated heterocycles. The van der Waals surface area contributed by atoms with Gasteiger partial charge < -0.3 is 19.2 Å². The molecule has 0 aliphatic rings. The monoisotopic (exact) mass is 449 g/mol. The Morgan fingerprint density at radius 3 is 2.58 bits per heavy atom. The van der Waals surface area contributed by atoms with Crippen LogP contribution in [-0.2, 0) is 21.2 Å². The van der Waals surface area contributed by atoms with E-state index in [1.54, 1.807) is 20.3 Å². The highest BCUT2D eigenvalue weighted by Gasteiger charge is 2.23. The number of H-pyrrole nitrogens is 1. The lowest BCUT2D eigenvalue weighted by Gasteiger charge is -2.17. The molecule has 0 aliphatic carbocycles. The van der Waals surface area contributed by atoms with Crippen LogP contribution in [0.5, 0.6) is 11.5 Å². The number of likely N-dealkylation sites (N-methyl/N-ethyl adjacent to an activating group) is 1. The lowest BCUT2D eigenvalue weighted by molar-refractivity contribution is -0.121. The van der Waals surface area contributed by atoms with E-state index in [2.05, 4.69) is 10.3 Å². The van der Waals surface area contributed by atoms with Gasteiger partial charge in [-0.3, -0.25) is 9.78 Å². The molecule has 1 heterocycles. The van der Waals surface area contributed by atoms with E-state index in [1.807, 2.05) is 12.1 Å². The Bertz CT molecular complexity index is 1250. The number of hydrogen-bond donors (Lipinski definition) is 2. The summed E-state index contributed by atoms with van der Waals surface area (Å²) in [4.78, 5) is 25.8. The van der Waals surface area contributed by atoms with Crippen LogP contribution in [0.4, 0.5) is 0 Å². The molecule has 3 aromatic rings. The first-order valence-electron chi connectivity index (χ1n) is 9.31. The van der Waals surface area contributed by atoms with Crippen molar-refractivity contribution in [3.05, 3.63) is 52.5 Å². The first kappa shape index (κ1) is 22.4. The van der Waals surface area contributed by atoms with Crippen molar-refractivity contribution in [3.63, 3.8) is 0 Å². The molecule has 11 heteroatoms. The molecule has 0 saturated carbocycles. The van der Waals surface area contributed by atoms with E-state index >= 15 is 0 Å². The lowest BCUT2D eigenvalue weighted by Crippen LogP contribution is -2.39. The number of methoxy groups -OCH3 is 2. The predicted molar refractivity (Wildman–Crippen MR) is 113 cm³/mol. The van der Waals surface area contributed by atoms with Crippen LogP contribution in [0.2, 0.25) is 0 Å². The molecule has 10 nitrogen and oxygen atoms in total. The molecule has 166 valence electrons. The molecule has 0 bridgehead atoms. The molecule has 3 rings (SSSR count). The van der Waals surface area contributed by atoms with E-state index in [1.165, 1.54) is 25.2 Å². The Kier molecular flexibility index (Phi) is 6.66. The molecule has 0 radical (unpaired) electrons. The quantitative estimate of drug-likeness (QED) is 0.500. The van der Waals surface area contributed by atoms with Gasteiger partial charge in [-0.15, -0.1) is 0 Å². The highest BCUT2D eigenvalue weighted by atomic mass is 32.2. The molecule has 2 aromatic carbocycles. The molecule has 0 spiro atoms. The SMILES string of the molecule is COc1ccc(CCNC(=O)CN(C)S(=O)(=O)c2ccc3[nH]c(=O)oc3c2)cc1OC. The summed E-state index contributed by atoms with van der Waals surface area (Å²) in [5.74, 6) is 0.0826. The fourth-order valence-electron chi connectivity index (χ4n) is 2.99. The van der Waals surface area contributed by atoms with E-state index in [-0.39, 0.29) is 17.0 Å². The maximum atomic E-state index is 12.7. The van der Waals surface area contributed by atoms with Crippen LogP contribution >= 0.6 is 0 Å². The van der Waals surface area contributed by atoms with Gasteiger partial charge in [0.25, 0.3) is 0 Å². The number of carbonyl (C=O) groups excluding carboxylic acids is 1. The number of benzene rings is 2. The zero-order chi connectivity index (χ0) is 22.6. The predicted octanol–water partition coefficient (Wildman–Crippen LogP) is 1.12. The second-order valence-electron chi connectivity index (χ2n) is 6.72. The number of nitrogens with one attached hydrogen (secondary N) is 2. The summed E-state index contributed by atoms with van der Waals surface area (Å²) in [5.41, 5.74) is 1.44. The highest BCUT2D eigenvalue weighted by molar-refractivity contribution is 7.89. The van der Waals surface area contributed by atoms with Gasteiger partial charge in [0.1, 0.15) is 0 Å². The molecule has 0 fully saturated rings. The van der Waals surface area contributed by atoms with Crippen LogP contribution in [0.1, 0.15) is 5.56 Å². The summed E-state index contributed by atoms with van der Waals surface area (Å²) in [6.07, 6.45) is 0.533. The minimum atomic E-state index is -3.94. The Morgan fingerprint density at radius 2 is 1.87 bits per heavy atom. The third-order valence-electron chi connectivity index (χ3n) is 4.65. The second kappa shape index (κ2) is 9.23. The van der Waals surface area contributed by atoms with Gasteiger partial charge in [0.15, 0.2) is 17.1 Å². The van der Waals surface area contributed by atoms with Crippen LogP contribution in [0.15, 0.2) is 50.5 Å². The number of aromatic nitrogens is 1. The van der Waals surface area contributed by atoms with Gasteiger partial charge in [-0.2, -0.15) is 4.31 Å². The Labute approximate surface area is 178 Å². The van der Waals surface area contributed by atoms with Crippen molar-refractivity contribution in [3.8, 4) is 11.5 Å². The molecule has 0 aliphatic heterocycles. The van der Waals surface area contributed by atoms with Crippen LogP contribution in [0.25, 0.3) is 11.1 Å². The van der Waals surface area contributed by atoms with E-state index in [0.717, 1.165) is 9.87 Å². The van der Waals surface area contributed by atoms with Crippen molar-refractivity contribution < 1.29 is 27.1 Å². The molecule has 0 unspecified atom stereocenters. The van der Waals surface area contributed by atoms with Crippen LogP contribution in [0.3, 0.4) is 0 Å². The van der Waals surface area contributed by atoms with Gasteiger partial charge in [0.2, 0.25) is 15.9 Å². The smallest absolute Gasteiger partial charge is 0.417 e. The van der Waals surface area contributed by atoms with Gasteiger partial charge in [-0.05, 0) is 36.2 Å². The minimum Gasteiger partial charge on any atom is -0.493 e. The normalized spacial score (nSPS) is 11.6. The number of carbonyl (C=O) groups is 1. The van der Waals surface area contributed by atoms with E-state index < -0.39 is 21.7 Å². The number of hydrogen-bond acceptors (Lipinski definition) is 7. The van der Waals surface area contributed by atoms with Crippen molar-refractivity contribution in [1.82, 2.24) is 14.6 Å². The summed E-state index contributed by atoms with van der Waals surface area (Å²) >= 11 is 0. The van der Waals surface area contributed by atoms with Crippen LogP contribution in [-0.4, -0.2) is 58.0 Å². The molecule has 1 aromatic heterocycles. The zero-order valence-electron chi connectivity index (χ0n) is 17.3. The maximum absolute atomic E-state index is 12.7.